The van der Waals surface area contributed by atoms with Crippen LogP contribution in [0.3, 0.4) is 0 Å². The van der Waals surface area contributed by atoms with Gasteiger partial charge in [-0.25, -0.2) is 0 Å². The number of hydrogen-bond acceptors (Lipinski definition) is 1. The fourth-order valence-corrected chi connectivity index (χ4v) is 4.81. The molecule has 0 saturated heterocycles. The molecule has 0 heterocycles. The quantitative estimate of drug-likeness (QED) is 0.627. The summed E-state index contributed by atoms with van der Waals surface area (Å²) in [6, 6.07) is 10.3. The number of rotatable bonds is 4. The van der Waals surface area contributed by atoms with Crippen molar-refractivity contribution in [3.63, 3.8) is 0 Å². The molecular weight excluding hydrogens is 212 g/mol. The van der Waals surface area contributed by atoms with Crippen LogP contribution in [0.1, 0.15) is 13.8 Å². The van der Waals surface area contributed by atoms with E-state index in [9.17, 15) is 5.11 Å². The van der Waals surface area contributed by atoms with E-state index >= 15 is 0 Å². The second kappa shape index (κ2) is 4.56. The maximum atomic E-state index is 10.8. The van der Waals surface area contributed by atoms with E-state index in [4.69, 9.17) is 0 Å². The van der Waals surface area contributed by atoms with E-state index in [-0.39, 0.29) is 5.92 Å². The van der Waals surface area contributed by atoms with Crippen molar-refractivity contribution in [2.24, 2.45) is 5.92 Å². The van der Waals surface area contributed by atoms with Crippen molar-refractivity contribution in [1.82, 2.24) is 0 Å². The summed E-state index contributed by atoms with van der Waals surface area (Å²) in [6.07, 6.45) is 1.84. The lowest BCUT2D eigenvalue weighted by molar-refractivity contribution is 0.0995. The van der Waals surface area contributed by atoms with Crippen LogP contribution in [-0.2, 0) is 0 Å². The van der Waals surface area contributed by atoms with Gasteiger partial charge in [-0.15, -0.1) is 6.58 Å². The Hall–Kier alpha value is -0.863. The average Bonchev–Trinajstić information content (AvgIpc) is 2.28. The van der Waals surface area contributed by atoms with Crippen LogP contribution in [-0.4, -0.2) is 18.4 Å². The maximum absolute atomic E-state index is 10.8. The maximum Gasteiger partial charge on any atom is 0.117 e. The standard InChI is InChI=1S/C14H22OSi/c1-6-12(2)14(3,15)16(4,5)13-10-8-7-9-11-13/h6-12,15H,1H2,2-5H3/t12-,14-/m1/s1. The molecule has 0 saturated carbocycles. The zero-order chi connectivity index (χ0) is 12.4. The summed E-state index contributed by atoms with van der Waals surface area (Å²) in [6.45, 7) is 12.2. The van der Waals surface area contributed by atoms with Crippen molar-refractivity contribution in [3.8, 4) is 0 Å². The van der Waals surface area contributed by atoms with E-state index < -0.39 is 13.3 Å². The topological polar surface area (TPSA) is 20.2 Å². The first-order chi connectivity index (χ1) is 7.34. The van der Waals surface area contributed by atoms with E-state index in [1.807, 2.05) is 38.1 Å². The molecular formula is C14H22OSi. The van der Waals surface area contributed by atoms with Gasteiger partial charge in [-0.05, 0) is 12.8 Å². The molecule has 1 N–H and O–H groups in total. The lowest BCUT2D eigenvalue weighted by atomic mass is 10.1. The molecule has 0 spiro atoms. The molecule has 2 heteroatoms. The first kappa shape index (κ1) is 13.2. The number of benzene rings is 1. The van der Waals surface area contributed by atoms with Crippen LogP contribution in [0.25, 0.3) is 0 Å². The third kappa shape index (κ3) is 2.13. The minimum atomic E-state index is -1.91. The Morgan fingerprint density at radius 2 is 1.81 bits per heavy atom. The summed E-state index contributed by atoms with van der Waals surface area (Å²) in [5.41, 5.74) is 0. The normalized spacial score (nSPS) is 17.6. The zero-order valence-corrected chi connectivity index (χ0v) is 11.7. The van der Waals surface area contributed by atoms with Crippen LogP contribution in [0.4, 0.5) is 0 Å². The molecule has 16 heavy (non-hydrogen) atoms. The summed E-state index contributed by atoms with van der Waals surface area (Å²) in [5.74, 6) is 0.106. The fourth-order valence-electron chi connectivity index (χ4n) is 1.95. The van der Waals surface area contributed by atoms with Crippen molar-refractivity contribution in [2.75, 3.05) is 0 Å². The van der Waals surface area contributed by atoms with Crippen LogP contribution >= 0.6 is 0 Å². The van der Waals surface area contributed by atoms with Crippen molar-refractivity contribution < 1.29 is 5.11 Å². The molecule has 1 aromatic rings. The van der Waals surface area contributed by atoms with Crippen LogP contribution < -0.4 is 5.19 Å². The van der Waals surface area contributed by atoms with Crippen LogP contribution in [0, 0.1) is 5.92 Å². The predicted octanol–water partition coefficient (Wildman–Crippen LogP) is 2.71. The van der Waals surface area contributed by atoms with E-state index in [0.29, 0.717) is 0 Å². The fraction of sp³-hybridized carbons (Fsp3) is 0.429. The SMILES string of the molecule is C=C[C@@H](C)[C@](C)(O)[Si](C)(C)c1ccccc1. The van der Waals surface area contributed by atoms with E-state index in [2.05, 4.69) is 31.8 Å². The minimum Gasteiger partial charge on any atom is -0.393 e. The predicted molar refractivity (Wildman–Crippen MR) is 73.5 cm³/mol. The molecule has 0 aromatic heterocycles. The van der Waals surface area contributed by atoms with Crippen molar-refractivity contribution >= 4 is 13.3 Å². The van der Waals surface area contributed by atoms with Gasteiger partial charge in [0.1, 0.15) is 8.07 Å². The molecule has 0 amide bonds. The molecule has 1 aromatic carbocycles. The second-order valence-electron chi connectivity index (χ2n) is 5.16. The highest BCUT2D eigenvalue weighted by atomic mass is 28.3. The third-order valence-electron chi connectivity index (χ3n) is 4.00. The summed E-state index contributed by atoms with van der Waals surface area (Å²) in [4.78, 5) is 0. The number of hydrogen-bond donors (Lipinski definition) is 1. The first-order valence-corrected chi connectivity index (χ1v) is 8.74. The van der Waals surface area contributed by atoms with Gasteiger partial charge in [0.25, 0.3) is 0 Å². The van der Waals surface area contributed by atoms with Gasteiger partial charge in [-0.3, -0.25) is 0 Å². The first-order valence-electron chi connectivity index (χ1n) is 5.74. The molecule has 0 bridgehead atoms. The molecule has 0 fully saturated rings. The molecule has 1 rings (SSSR count). The summed E-state index contributed by atoms with van der Waals surface area (Å²) >= 11 is 0. The molecule has 0 unspecified atom stereocenters. The van der Waals surface area contributed by atoms with Gasteiger partial charge in [0.2, 0.25) is 0 Å². The van der Waals surface area contributed by atoms with Gasteiger partial charge < -0.3 is 5.11 Å². The molecule has 0 aliphatic carbocycles. The Labute approximate surface area is 99.8 Å². The Kier molecular flexibility index (Phi) is 3.76. The van der Waals surface area contributed by atoms with E-state index in [0.717, 1.165) is 0 Å². The Bertz CT molecular complexity index is 354. The molecule has 88 valence electrons. The van der Waals surface area contributed by atoms with Gasteiger partial charge in [-0.1, -0.05) is 61.6 Å². The van der Waals surface area contributed by atoms with Crippen LogP contribution in [0.15, 0.2) is 43.0 Å². The average molecular weight is 234 g/mol. The summed E-state index contributed by atoms with van der Waals surface area (Å²) in [7, 11) is -1.91. The van der Waals surface area contributed by atoms with Crippen molar-refractivity contribution in [2.45, 2.75) is 32.2 Å². The van der Waals surface area contributed by atoms with Crippen molar-refractivity contribution in [3.05, 3.63) is 43.0 Å². The monoisotopic (exact) mass is 234 g/mol. The minimum absolute atomic E-state index is 0.106. The van der Waals surface area contributed by atoms with Gasteiger partial charge in [0, 0.05) is 0 Å². The zero-order valence-electron chi connectivity index (χ0n) is 10.7. The smallest absolute Gasteiger partial charge is 0.117 e. The number of aliphatic hydroxyl groups is 1. The van der Waals surface area contributed by atoms with Gasteiger partial charge in [0.05, 0.1) is 5.22 Å². The molecule has 0 aliphatic rings. The molecule has 2 atom stereocenters. The summed E-state index contributed by atoms with van der Waals surface area (Å²) in [5, 5.41) is 11.4. The Morgan fingerprint density at radius 3 is 2.25 bits per heavy atom. The van der Waals surface area contributed by atoms with Crippen molar-refractivity contribution in [1.29, 1.82) is 0 Å². The van der Waals surface area contributed by atoms with E-state index in [1.165, 1.54) is 5.19 Å². The Balaban J connectivity index is 3.15. The van der Waals surface area contributed by atoms with Crippen LogP contribution in [0.5, 0.6) is 0 Å². The van der Waals surface area contributed by atoms with Gasteiger partial charge in [-0.2, -0.15) is 0 Å². The van der Waals surface area contributed by atoms with E-state index in [1.54, 1.807) is 0 Å². The third-order valence-corrected chi connectivity index (χ3v) is 8.76. The largest absolute Gasteiger partial charge is 0.393 e. The summed E-state index contributed by atoms with van der Waals surface area (Å²) < 4.78 is 0. The lowest BCUT2D eigenvalue weighted by Crippen LogP contribution is -2.63. The Morgan fingerprint density at radius 1 is 1.31 bits per heavy atom. The molecule has 0 aliphatic heterocycles. The molecule has 1 nitrogen and oxygen atoms in total. The van der Waals surface area contributed by atoms with Crippen LogP contribution in [0.2, 0.25) is 13.1 Å². The van der Waals surface area contributed by atoms with Gasteiger partial charge >= 0.3 is 0 Å². The van der Waals surface area contributed by atoms with Gasteiger partial charge in [0.15, 0.2) is 0 Å². The highest BCUT2D eigenvalue weighted by Gasteiger charge is 2.45. The lowest BCUT2D eigenvalue weighted by Gasteiger charge is -2.42. The highest BCUT2D eigenvalue weighted by molar-refractivity contribution is 6.92. The second-order valence-corrected chi connectivity index (χ2v) is 10.0. The molecule has 0 radical (unpaired) electrons. The highest BCUT2D eigenvalue weighted by Crippen LogP contribution is 2.28.